The van der Waals surface area contributed by atoms with Crippen LogP contribution in [0.25, 0.3) is 0 Å². The minimum atomic E-state index is 0. The van der Waals surface area contributed by atoms with Gasteiger partial charge in [-0.05, 0) is 20.4 Å². The van der Waals surface area contributed by atoms with E-state index in [1.807, 2.05) is 25.8 Å². The SMILES string of the molecule is CCC1COC(C)CN1C(=O)C(C)CNC.Cl. The van der Waals surface area contributed by atoms with Gasteiger partial charge in [-0.25, -0.2) is 0 Å². The minimum absolute atomic E-state index is 0. The van der Waals surface area contributed by atoms with Crippen molar-refractivity contribution in [1.82, 2.24) is 10.2 Å². The van der Waals surface area contributed by atoms with E-state index in [0.717, 1.165) is 19.5 Å². The number of morpholine rings is 1. The molecule has 1 fully saturated rings. The Labute approximate surface area is 110 Å². The first-order valence-electron chi connectivity index (χ1n) is 6.16. The van der Waals surface area contributed by atoms with Crippen molar-refractivity contribution in [3.63, 3.8) is 0 Å². The highest BCUT2D eigenvalue weighted by molar-refractivity contribution is 5.85. The van der Waals surface area contributed by atoms with Crippen LogP contribution >= 0.6 is 12.4 Å². The van der Waals surface area contributed by atoms with Crippen molar-refractivity contribution >= 4 is 18.3 Å². The maximum absolute atomic E-state index is 12.2. The monoisotopic (exact) mass is 264 g/mol. The van der Waals surface area contributed by atoms with E-state index in [2.05, 4.69) is 12.2 Å². The number of carbonyl (C=O) groups excluding carboxylic acids is 1. The fraction of sp³-hybridized carbons (Fsp3) is 0.917. The van der Waals surface area contributed by atoms with Gasteiger partial charge < -0.3 is 15.0 Å². The molecule has 4 nitrogen and oxygen atoms in total. The maximum atomic E-state index is 12.2. The molecule has 1 saturated heterocycles. The van der Waals surface area contributed by atoms with Gasteiger partial charge in [0.1, 0.15) is 0 Å². The van der Waals surface area contributed by atoms with Crippen LogP contribution in [0.5, 0.6) is 0 Å². The molecule has 1 aliphatic rings. The number of carbonyl (C=O) groups is 1. The molecule has 0 radical (unpaired) electrons. The van der Waals surface area contributed by atoms with Crippen molar-refractivity contribution in [3.8, 4) is 0 Å². The van der Waals surface area contributed by atoms with Crippen molar-refractivity contribution in [2.45, 2.75) is 39.3 Å². The largest absolute Gasteiger partial charge is 0.375 e. The van der Waals surface area contributed by atoms with E-state index in [4.69, 9.17) is 4.74 Å². The number of hydrogen-bond donors (Lipinski definition) is 1. The third kappa shape index (κ3) is 4.45. The Bertz CT molecular complexity index is 239. The lowest BCUT2D eigenvalue weighted by molar-refractivity contribution is -0.148. The number of ether oxygens (including phenoxy) is 1. The smallest absolute Gasteiger partial charge is 0.227 e. The van der Waals surface area contributed by atoms with Crippen LogP contribution in [-0.2, 0) is 9.53 Å². The second kappa shape index (κ2) is 7.90. The third-order valence-corrected chi connectivity index (χ3v) is 3.15. The van der Waals surface area contributed by atoms with Crippen LogP contribution in [0.15, 0.2) is 0 Å². The van der Waals surface area contributed by atoms with Gasteiger partial charge in [-0.3, -0.25) is 4.79 Å². The van der Waals surface area contributed by atoms with Gasteiger partial charge in [0.05, 0.1) is 18.8 Å². The Morgan fingerprint density at radius 3 is 2.76 bits per heavy atom. The summed E-state index contributed by atoms with van der Waals surface area (Å²) in [6, 6.07) is 0.253. The summed E-state index contributed by atoms with van der Waals surface area (Å²) >= 11 is 0. The Morgan fingerprint density at radius 2 is 2.24 bits per heavy atom. The fourth-order valence-corrected chi connectivity index (χ4v) is 2.13. The van der Waals surface area contributed by atoms with Crippen molar-refractivity contribution in [2.75, 3.05) is 26.7 Å². The summed E-state index contributed by atoms with van der Waals surface area (Å²) < 4.78 is 5.59. The number of nitrogens with one attached hydrogen (secondary N) is 1. The highest BCUT2D eigenvalue weighted by Gasteiger charge is 2.31. The van der Waals surface area contributed by atoms with E-state index >= 15 is 0 Å². The number of rotatable bonds is 4. The molecule has 1 amide bonds. The molecule has 0 spiro atoms. The molecule has 0 bridgehead atoms. The topological polar surface area (TPSA) is 41.6 Å². The Kier molecular flexibility index (Phi) is 7.75. The van der Waals surface area contributed by atoms with Crippen LogP contribution < -0.4 is 5.32 Å². The molecule has 5 heteroatoms. The third-order valence-electron chi connectivity index (χ3n) is 3.15. The molecule has 3 unspecified atom stereocenters. The number of halogens is 1. The van der Waals surface area contributed by atoms with Crippen LogP contribution in [0.1, 0.15) is 27.2 Å². The van der Waals surface area contributed by atoms with E-state index in [1.165, 1.54) is 0 Å². The van der Waals surface area contributed by atoms with Gasteiger partial charge in [0, 0.05) is 19.0 Å². The number of amides is 1. The summed E-state index contributed by atoms with van der Waals surface area (Å²) in [5.74, 6) is 0.292. The number of nitrogens with zero attached hydrogens (tertiary/aromatic N) is 1. The molecular formula is C12H25ClN2O2. The van der Waals surface area contributed by atoms with Crippen molar-refractivity contribution in [1.29, 1.82) is 0 Å². The predicted octanol–water partition coefficient (Wildman–Crippen LogP) is 1.29. The lowest BCUT2D eigenvalue weighted by Gasteiger charge is -2.39. The predicted molar refractivity (Wildman–Crippen MR) is 71.5 cm³/mol. The molecule has 0 saturated carbocycles. The molecule has 3 atom stereocenters. The van der Waals surface area contributed by atoms with Gasteiger partial charge in [-0.1, -0.05) is 13.8 Å². The molecule has 1 N–H and O–H groups in total. The fourth-order valence-electron chi connectivity index (χ4n) is 2.13. The highest BCUT2D eigenvalue weighted by atomic mass is 35.5. The summed E-state index contributed by atoms with van der Waals surface area (Å²) in [4.78, 5) is 14.2. The van der Waals surface area contributed by atoms with Gasteiger partial charge in [0.15, 0.2) is 0 Å². The second-order valence-electron chi connectivity index (χ2n) is 4.66. The molecule has 1 heterocycles. The molecule has 1 rings (SSSR count). The van der Waals surface area contributed by atoms with Gasteiger partial charge >= 0.3 is 0 Å². The van der Waals surface area contributed by atoms with Gasteiger partial charge in [-0.15, -0.1) is 12.4 Å². The Morgan fingerprint density at radius 1 is 1.59 bits per heavy atom. The van der Waals surface area contributed by atoms with Crippen molar-refractivity contribution in [3.05, 3.63) is 0 Å². The first-order valence-corrected chi connectivity index (χ1v) is 6.16. The Hall–Kier alpha value is -0.320. The first-order chi connectivity index (χ1) is 7.60. The van der Waals surface area contributed by atoms with E-state index in [1.54, 1.807) is 0 Å². The zero-order valence-electron chi connectivity index (χ0n) is 11.2. The first kappa shape index (κ1) is 16.7. The highest BCUT2D eigenvalue weighted by Crippen LogP contribution is 2.17. The lowest BCUT2D eigenvalue weighted by atomic mass is 10.1. The molecule has 0 aromatic heterocycles. The van der Waals surface area contributed by atoms with Crippen molar-refractivity contribution < 1.29 is 9.53 Å². The molecule has 0 aliphatic carbocycles. The van der Waals surface area contributed by atoms with E-state index in [0.29, 0.717) is 6.61 Å². The minimum Gasteiger partial charge on any atom is -0.375 e. The molecule has 0 aromatic carbocycles. The van der Waals surface area contributed by atoms with Gasteiger partial charge in [-0.2, -0.15) is 0 Å². The maximum Gasteiger partial charge on any atom is 0.227 e. The summed E-state index contributed by atoms with van der Waals surface area (Å²) in [6.07, 6.45) is 1.12. The normalized spacial score (nSPS) is 26.2. The van der Waals surface area contributed by atoms with Crippen LogP contribution in [0.2, 0.25) is 0 Å². The molecule has 102 valence electrons. The molecule has 0 aromatic rings. The van der Waals surface area contributed by atoms with E-state index in [9.17, 15) is 4.79 Å². The summed E-state index contributed by atoms with van der Waals surface area (Å²) in [5.41, 5.74) is 0. The van der Waals surface area contributed by atoms with Crippen LogP contribution in [0, 0.1) is 5.92 Å². The van der Waals surface area contributed by atoms with E-state index in [-0.39, 0.29) is 36.4 Å². The quantitative estimate of drug-likeness (QED) is 0.832. The Balaban J connectivity index is 0.00000256. The standard InChI is InChI=1S/C12H24N2O2.ClH/c1-5-11-8-16-10(3)7-14(11)12(15)9(2)6-13-4;/h9-11,13H,5-8H2,1-4H3;1H. The molecular weight excluding hydrogens is 240 g/mol. The summed E-state index contributed by atoms with van der Waals surface area (Å²) in [5, 5.41) is 3.05. The van der Waals surface area contributed by atoms with Crippen molar-refractivity contribution in [2.24, 2.45) is 5.92 Å². The molecule has 17 heavy (non-hydrogen) atoms. The second-order valence-corrected chi connectivity index (χ2v) is 4.66. The molecule has 1 aliphatic heterocycles. The zero-order chi connectivity index (χ0) is 12.1. The van der Waals surface area contributed by atoms with Gasteiger partial charge in [0.2, 0.25) is 5.91 Å². The number of hydrogen-bond acceptors (Lipinski definition) is 3. The van der Waals surface area contributed by atoms with Crippen LogP contribution in [0.4, 0.5) is 0 Å². The van der Waals surface area contributed by atoms with Crippen LogP contribution in [-0.4, -0.2) is 49.7 Å². The average Bonchev–Trinajstić information content (AvgIpc) is 2.28. The van der Waals surface area contributed by atoms with Crippen LogP contribution in [0.3, 0.4) is 0 Å². The summed E-state index contributed by atoms with van der Waals surface area (Å²) in [6.45, 7) is 8.25. The van der Waals surface area contributed by atoms with E-state index < -0.39 is 0 Å². The zero-order valence-corrected chi connectivity index (χ0v) is 12.0. The lowest BCUT2D eigenvalue weighted by Crippen LogP contribution is -2.53. The average molecular weight is 265 g/mol. The summed E-state index contributed by atoms with van der Waals surface area (Å²) in [7, 11) is 1.88. The van der Waals surface area contributed by atoms with Gasteiger partial charge in [0.25, 0.3) is 0 Å².